The number of rotatable bonds is 2. The van der Waals surface area contributed by atoms with E-state index in [9.17, 15) is 4.79 Å². The van der Waals surface area contributed by atoms with Gasteiger partial charge in [-0.3, -0.25) is 9.89 Å². The molecule has 15 heavy (non-hydrogen) atoms. The predicted molar refractivity (Wildman–Crippen MR) is 56.5 cm³/mol. The van der Waals surface area contributed by atoms with Crippen LogP contribution < -0.4 is 5.73 Å². The van der Waals surface area contributed by atoms with Crippen LogP contribution >= 0.6 is 0 Å². The second-order valence-corrected chi connectivity index (χ2v) is 3.43. The van der Waals surface area contributed by atoms with Crippen LogP contribution in [0.15, 0.2) is 6.07 Å². The van der Waals surface area contributed by atoms with E-state index in [4.69, 9.17) is 5.73 Å². The molecule has 2 rings (SSSR count). The lowest BCUT2D eigenvalue weighted by Crippen LogP contribution is -2.12. The SMILES string of the molecule is CCc1cc(C(N)=O)c2c(C)[nH]nc2n1. The normalized spacial score (nSPS) is 10.8. The molecule has 3 N–H and O–H groups in total. The van der Waals surface area contributed by atoms with Crippen LogP contribution in [0.3, 0.4) is 0 Å². The lowest BCUT2D eigenvalue weighted by Gasteiger charge is -2.01. The number of aryl methyl sites for hydroxylation is 2. The number of hydrogen-bond acceptors (Lipinski definition) is 3. The second kappa shape index (κ2) is 3.34. The van der Waals surface area contributed by atoms with Crippen molar-refractivity contribution in [3.05, 3.63) is 23.0 Å². The molecule has 0 spiro atoms. The van der Waals surface area contributed by atoms with Gasteiger partial charge in [-0.2, -0.15) is 5.10 Å². The molecular formula is C10H12N4O. The van der Waals surface area contributed by atoms with Crippen molar-refractivity contribution in [2.24, 2.45) is 5.73 Å². The van der Waals surface area contributed by atoms with Crippen LogP contribution in [-0.4, -0.2) is 21.1 Å². The molecule has 2 aromatic heterocycles. The van der Waals surface area contributed by atoms with Crippen molar-refractivity contribution in [1.29, 1.82) is 0 Å². The van der Waals surface area contributed by atoms with Gasteiger partial charge in [0.05, 0.1) is 10.9 Å². The molecule has 2 heterocycles. The molecule has 0 atom stereocenters. The summed E-state index contributed by atoms with van der Waals surface area (Å²) in [7, 11) is 0. The molecule has 0 bridgehead atoms. The highest BCUT2D eigenvalue weighted by Gasteiger charge is 2.13. The zero-order chi connectivity index (χ0) is 11.0. The number of amides is 1. The number of pyridine rings is 1. The van der Waals surface area contributed by atoms with E-state index < -0.39 is 5.91 Å². The molecule has 5 heteroatoms. The first-order valence-electron chi connectivity index (χ1n) is 4.78. The topological polar surface area (TPSA) is 84.7 Å². The smallest absolute Gasteiger partial charge is 0.249 e. The first-order valence-corrected chi connectivity index (χ1v) is 4.78. The summed E-state index contributed by atoms with van der Waals surface area (Å²) in [4.78, 5) is 15.6. The Morgan fingerprint density at radius 3 is 2.93 bits per heavy atom. The van der Waals surface area contributed by atoms with Gasteiger partial charge in [0.25, 0.3) is 0 Å². The molecule has 2 aromatic rings. The first-order chi connectivity index (χ1) is 7.13. The summed E-state index contributed by atoms with van der Waals surface area (Å²) in [5.41, 5.74) is 8.00. The molecule has 0 aliphatic carbocycles. The van der Waals surface area contributed by atoms with Crippen LogP contribution in [0.1, 0.15) is 28.7 Å². The molecule has 78 valence electrons. The number of nitrogens with zero attached hydrogens (tertiary/aromatic N) is 2. The van der Waals surface area contributed by atoms with Gasteiger partial charge < -0.3 is 5.73 Å². The third-order valence-electron chi connectivity index (χ3n) is 2.39. The van der Waals surface area contributed by atoms with Gasteiger partial charge in [-0.25, -0.2) is 4.98 Å². The molecule has 0 aromatic carbocycles. The van der Waals surface area contributed by atoms with Gasteiger partial charge in [0.1, 0.15) is 0 Å². The van der Waals surface area contributed by atoms with E-state index in [2.05, 4.69) is 15.2 Å². The fraction of sp³-hybridized carbons (Fsp3) is 0.300. The summed E-state index contributed by atoms with van der Waals surface area (Å²) in [6, 6.07) is 1.73. The number of aromatic amines is 1. The Balaban J connectivity index is 2.83. The van der Waals surface area contributed by atoms with Crippen LogP contribution in [0.4, 0.5) is 0 Å². The van der Waals surface area contributed by atoms with Crippen molar-refractivity contribution in [2.75, 3.05) is 0 Å². The van der Waals surface area contributed by atoms with Gasteiger partial charge >= 0.3 is 0 Å². The maximum atomic E-state index is 11.3. The molecule has 0 saturated heterocycles. The Labute approximate surface area is 86.7 Å². The predicted octanol–water partition coefficient (Wildman–Crippen LogP) is 0.928. The van der Waals surface area contributed by atoms with Gasteiger partial charge in [-0.1, -0.05) is 6.92 Å². The number of nitrogens with two attached hydrogens (primary N) is 1. The van der Waals surface area contributed by atoms with E-state index in [0.717, 1.165) is 23.2 Å². The lowest BCUT2D eigenvalue weighted by molar-refractivity contribution is 0.100. The third-order valence-corrected chi connectivity index (χ3v) is 2.39. The standard InChI is InChI=1S/C10H12N4O/c1-3-6-4-7(9(11)15)8-5(2)13-14-10(8)12-6/h4H,3H2,1-2H3,(H2,11,15)(H,12,13,14). The molecular weight excluding hydrogens is 192 g/mol. The molecule has 0 fully saturated rings. The zero-order valence-corrected chi connectivity index (χ0v) is 8.66. The Morgan fingerprint density at radius 2 is 2.33 bits per heavy atom. The Bertz CT molecular complexity index is 529. The van der Waals surface area contributed by atoms with Crippen molar-refractivity contribution < 1.29 is 4.79 Å². The number of carbonyl (C=O) groups excluding carboxylic acids is 1. The minimum atomic E-state index is -0.443. The number of hydrogen-bond donors (Lipinski definition) is 2. The van der Waals surface area contributed by atoms with Gasteiger partial charge in [-0.15, -0.1) is 0 Å². The fourth-order valence-corrected chi connectivity index (χ4v) is 1.60. The summed E-state index contributed by atoms with van der Waals surface area (Å²) < 4.78 is 0. The van der Waals surface area contributed by atoms with Crippen molar-refractivity contribution in [3.63, 3.8) is 0 Å². The minimum Gasteiger partial charge on any atom is -0.366 e. The number of nitrogens with one attached hydrogen (secondary N) is 1. The number of primary amides is 1. The molecule has 0 radical (unpaired) electrons. The highest BCUT2D eigenvalue weighted by Crippen LogP contribution is 2.19. The van der Waals surface area contributed by atoms with Crippen LogP contribution in [-0.2, 0) is 6.42 Å². The van der Waals surface area contributed by atoms with Crippen LogP contribution in [0.2, 0.25) is 0 Å². The lowest BCUT2D eigenvalue weighted by atomic mass is 10.1. The number of fused-ring (bicyclic) bond motifs is 1. The van der Waals surface area contributed by atoms with E-state index in [1.807, 2.05) is 13.8 Å². The molecule has 0 unspecified atom stereocenters. The Kier molecular flexibility index (Phi) is 2.15. The molecule has 5 nitrogen and oxygen atoms in total. The quantitative estimate of drug-likeness (QED) is 0.763. The fourth-order valence-electron chi connectivity index (χ4n) is 1.60. The highest BCUT2D eigenvalue weighted by atomic mass is 16.1. The summed E-state index contributed by atoms with van der Waals surface area (Å²) in [5, 5.41) is 7.55. The minimum absolute atomic E-state index is 0.443. The second-order valence-electron chi connectivity index (χ2n) is 3.43. The van der Waals surface area contributed by atoms with Crippen molar-refractivity contribution in [3.8, 4) is 0 Å². The number of aromatic nitrogens is 3. The molecule has 0 saturated carbocycles. The third kappa shape index (κ3) is 1.45. The van der Waals surface area contributed by atoms with Gasteiger partial charge in [0.2, 0.25) is 5.91 Å². The van der Waals surface area contributed by atoms with E-state index in [-0.39, 0.29) is 0 Å². The zero-order valence-electron chi connectivity index (χ0n) is 8.66. The number of carbonyl (C=O) groups is 1. The van der Waals surface area contributed by atoms with Gasteiger partial charge in [0.15, 0.2) is 5.65 Å². The van der Waals surface area contributed by atoms with E-state index in [0.29, 0.717) is 11.2 Å². The van der Waals surface area contributed by atoms with Crippen LogP contribution in [0.25, 0.3) is 11.0 Å². The van der Waals surface area contributed by atoms with Gasteiger partial charge in [-0.05, 0) is 19.4 Å². The maximum absolute atomic E-state index is 11.3. The molecule has 0 aliphatic heterocycles. The van der Waals surface area contributed by atoms with Gasteiger partial charge in [0, 0.05) is 11.4 Å². The summed E-state index contributed by atoms with van der Waals surface area (Å²) >= 11 is 0. The van der Waals surface area contributed by atoms with Crippen molar-refractivity contribution >= 4 is 16.9 Å². The number of H-pyrrole nitrogens is 1. The monoisotopic (exact) mass is 204 g/mol. The van der Waals surface area contributed by atoms with Crippen molar-refractivity contribution in [2.45, 2.75) is 20.3 Å². The Hall–Kier alpha value is -1.91. The summed E-state index contributed by atoms with van der Waals surface area (Å²) in [5.74, 6) is -0.443. The van der Waals surface area contributed by atoms with Crippen LogP contribution in [0.5, 0.6) is 0 Å². The molecule has 1 amide bonds. The molecule has 0 aliphatic rings. The highest BCUT2D eigenvalue weighted by molar-refractivity contribution is 6.05. The largest absolute Gasteiger partial charge is 0.366 e. The van der Waals surface area contributed by atoms with Crippen LogP contribution in [0, 0.1) is 6.92 Å². The average Bonchev–Trinajstić information content (AvgIpc) is 2.59. The van der Waals surface area contributed by atoms with E-state index >= 15 is 0 Å². The summed E-state index contributed by atoms with van der Waals surface area (Å²) in [6.45, 7) is 3.81. The first kappa shape index (κ1) is 9.64. The van der Waals surface area contributed by atoms with E-state index in [1.165, 1.54) is 0 Å². The van der Waals surface area contributed by atoms with Crippen molar-refractivity contribution in [1.82, 2.24) is 15.2 Å². The summed E-state index contributed by atoms with van der Waals surface area (Å²) in [6.07, 6.45) is 0.752. The Morgan fingerprint density at radius 1 is 1.60 bits per heavy atom. The average molecular weight is 204 g/mol. The maximum Gasteiger partial charge on any atom is 0.249 e. The van der Waals surface area contributed by atoms with E-state index in [1.54, 1.807) is 6.07 Å².